The van der Waals surface area contributed by atoms with E-state index < -0.39 is 0 Å². The quantitative estimate of drug-likeness (QED) is 0.784. The molecule has 80 valence electrons. The lowest BCUT2D eigenvalue weighted by molar-refractivity contribution is 0.0749. The Morgan fingerprint density at radius 2 is 2.33 bits per heavy atom. The minimum atomic E-state index is 0.0533. The number of rotatable bonds is 4. The maximum absolute atomic E-state index is 12.1. The summed E-state index contributed by atoms with van der Waals surface area (Å²) in [6.45, 7) is 0.764. The van der Waals surface area contributed by atoms with E-state index in [1.807, 2.05) is 17.0 Å². The molecule has 1 aromatic heterocycles. The summed E-state index contributed by atoms with van der Waals surface area (Å²) in [6, 6.07) is 5.88. The number of hydrogen-bond donors (Lipinski definition) is 0. The smallest absolute Gasteiger partial charge is 0.272 e. The van der Waals surface area contributed by atoms with Crippen molar-refractivity contribution in [1.29, 1.82) is 0 Å². The van der Waals surface area contributed by atoms with Gasteiger partial charge in [0, 0.05) is 24.1 Å². The average Bonchev–Trinajstić information content (AvgIpc) is 3.10. The summed E-state index contributed by atoms with van der Waals surface area (Å²) in [4.78, 5) is 18.1. The SMILES string of the molecule is O=C(c1ccccn1)N(CCBr)C1CC1. The molecule has 4 heteroatoms. The number of hydrogen-bond acceptors (Lipinski definition) is 2. The molecule has 1 aliphatic rings. The molecule has 0 radical (unpaired) electrons. The van der Waals surface area contributed by atoms with Crippen LogP contribution in [0.4, 0.5) is 0 Å². The van der Waals surface area contributed by atoms with Crippen molar-refractivity contribution in [2.45, 2.75) is 18.9 Å². The Balaban J connectivity index is 2.10. The largest absolute Gasteiger partial charge is 0.333 e. The standard InChI is InChI=1S/C11H13BrN2O/c12-6-8-14(9-4-5-9)11(15)10-3-1-2-7-13-10/h1-3,7,9H,4-6,8H2. The first-order chi connectivity index (χ1) is 7.33. The molecule has 3 nitrogen and oxygen atoms in total. The molecule has 0 bridgehead atoms. The molecule has 0 N–H and O–H groups in total. The lowest BCUT2D eigenvalue weighted by Crippen LogP contribution is -2.35. The summed E-state index contributed by atoms with van der Waals surface area (Å²) in [6.07, 6.45) is 3.92. The van der Waals surface area contributed by atoms with E-state index in [1.54, 1.807) is 12.3 Å². The monoisotopic (exact) mass is 268 g/mol. The zero-order valence-corrected chi connectivity index (χ0v) is 9.98. The van der Waals surface area contributed by atoms with E-state index in [2.05, 4.69) is 20.9 Å². The zero-order valence-electron chi connectivity index (χ0n) is 8.40. The van der Waals surface area contributed by atoms with Crippen LogP contribution in [0.1, 0.15) is 23.3 Å². The first kappa shape index (κ1) is 10.6. The molecule has 1 saturated carbocycles. The molecule has 1 heterocycles. The molecule has 1 aromatic rings. The molecule has 0 aliphatic heterocycles. The summed E-state index contributed by atoms with van der Waals surface area (Å²) >= 11 is 3.37. The third-order valence-corrected chi connectivity index (χ3v) is 2.81. The first-order valence-corrected chi connectivity index (χ1v) is 6.23. The Kier molecular flexibility index (Phi) is 3.36. The topological polar surface area (TPSA) is 33.2 Å². The zero-order chi connectivity index (χ0) is 10.7. The van der Waals surface area contributed by atoms with Gasteiger partial charge < -0.3 is 4.90 Å². The fraction of sp³-hybridized carbons (Fsp3) is 0.455. The molecule has 0 spiro atoms. The predicted molar refractivity (Wildman–Crippen MR) is 62.1 cm³/mol. The van der Waals surface area contributed by atoms with Gasteiger partial charge in [-0.3, -0.25) is 9.78 Å². The average molecular weight is 269 g/mol. The molecular weight excluding hydrogens is 256 g/mol. The summed E-state index contributed by atoms with van der Waals surface area (Å²) in [5, 5.41) is 0.822. The van der Waals surface area contributed by atoms with E-state index >= 15 is 0 Å². The van der Waals surface area contributed by atoms with Gasteiger partial charge in [0.15, 0.2) is 0 Å². The van der Waals surface area contributed by atoms with Crippen LogP contribution in [0.15, 0.2) is 24.4 Å². The summed E-state index contributed by atoms with van der Waals surface area (Å²) < 4.78 is 0. The van der Waals surface area contributed by atoms with Crippen molar-refractivity contribution in [3.63, 3.8) is 0 Å². The fourth-order valence-electron chi connectivity index (χ4n) is 1.56. The predicted octanol–water partition coefficient (Wildman–Crippen LogP) is 2.08. The van der Waals surface area contributed by atoms with E-state index in [0.29, 0.717) is 11.7 Å². The number of pyridine rings is 1. The minimum Gasteiger partial charge on any atom is -0.333 e. The van der Waals surface area contributed by atoms with Crippen molar-refractivity contribution in [1.82, 2.24) is 9.88 Å². The number of carbonyl (C=O) groups is 1. The Hall–Kier alpha value is -0.900. The minimum absolute atomic E-state index is 0.0533. The summed E-state index contributed by atoms with van der Waals surface area (Å²) in [5.41, 5.74) is 0.547. The highest BCUT2D eigenvalue weighted by molar-refractivity contribution is 9.09. The van der Waals surface area contributed by atoms with E-state index in [9.17, 15) is 4.79 Å². The van der Waals surface area contributed by atoms with Crippen LogP contribution in [0.3, 0.4) is 0 Å². The van der Waals surface area contributed by atoms with E-state index in [-0.39, 0.29) is 5.91 Å². The second-order valence-electron chi connectivity index (χ2n) is 3.63. The van der Waals surface area contributed by atoms with Gasteiger partial charge in [0.05, 0.1) is 0 Å². The van der Waals surface area contributed by atoms with Gasteiger partial charge in [-0.05, 0) is 25.0 Å². The highest BCUT2D eigenvalue weighted by Crippen LogP contribution is 2.27. The maximum atomic E-state index is 12.1. The highest BCUT2D eigenvalue weighted by Gasteiger charge is 2.32. The van der Waals surface area contributed by atoms with Crippen LogP contribution < -0.4 is 0 Å². The van der Waals surface area contributed by atoms with Crippen molar-refractivity contribution < 1.29 is 4.79 Å². The van der Waals surface area contributed by atoms with Gasteiger partial charge in [-0.15, -0.1) is 0 Å². The normalized spacial score (nSPS) is 15.0. The van der Waals surface area contributed by atoms with Gasteiger partial charge in [-0.25, -0.2) is 0 Å². The van der Waals surface area contributed by atoms with E-state index in [1.165, 1.54) is 0 Å². The number of aromatic nitrogens is 1. The molecule has 1 amide bonds. The van der Waals surface area contributed by atoms with Crippen molar-refractivity contribution >= 4 is 21.8 Å². The first-order valence-electron chi connectivity index (χ1n) is 5.11. The second-order valence-corrected chi connectivity index (χ2v) is 4.43. The van der Waals surface area contributed by atoms with Crippen molar-refractivity contribution in [2.75, 3.05) is 11.9 Å². The Morgan fingerprint density at radius 1 is 1.53 bits per heavy atom. The van der Waals surface area contributed by atoms with Crippen LogP contribution in [0.5, 0.6) is 0 Å². The molecule has 0 unspecified atom stereocenters. The number of carbonyl (C=O) groups excluding carboxylic acids is 1. The molecular formula is C11H13BrN2O. The Bertz CT molecular complexity index is 338. The van der Waals surface area contributed by atoms with Crippen LogP contribution in [-0.2, 0) is 0 Å². The third kappa shape index (κ3) is 2.56. The maximum Gasteiger partial charge on any atom is 0.272 e. The molecule has 1 fully saturated rings. The summed E-state index contributed by atoms with van der Waals surface area (Å²) in [7, 11) is 0. The fourth-order valence-corrected chi connectivity index (χ4v) is 1.95. The highest BCUT2D eigenvalue weighted by atomic mass is 79.9. The number of amides is 1. The van der Waals surface area contributed by atoms with Crippen LogP contribution >= 0.6 is 15.9 Å². The summed E-state index contributed by atoms with van der Waals surface area (Å²) in [5.74, 6) is 0.0533. The molecule has 0 saturated heterocycles. The van der Waals surface area contributed by atoms with Crippen molar-refractivity contribution in [3.05, 3.63) is 30.1 Å². The van der Waals surface area contributed by atoms with Crippen molar-refractivity contribution in [3.8, 4) is 0 Å². The molecule has 2 rings (SSSR count). The van der Waals surface area contributed by atoms with Gasteiger partial charge in [0.2, 0.25) is 0 Å². The number of halogens is 1. The third-order valence-electron chi connectivity index (χ3n) is 2.46. The van der Waals surface area contributed by atoms with Crippen LogP contribution in [0.25, 0.3) is 0 Å². The number of alkyl halides is 1. The molecule has 15 heavy (non-hydrogen) atoms. The second kappa shape index (κ2) is 4.75. The molecule has 1 aliphatic carbocycles. The molecule has 0 atom stereocenters. The van der Waals surface area contributed by atoms with Crippen LogP contribution in [0.2, 0.25) is 0 Å². The number of nitrogens with zero attached hydrogens (tertiary/aromatic N) is 2. The van der Waals surface area contributed by atoms with Crippen LogP contribution in [-0.4, -0.2) is 33.7 Å². The lowest BCUT2D eigenvalue weighted by Gasteiger charge is -2.20. The van der Waals surface area contributed by atoms with Crippen molar-refractivity contribution in [2.24, 2.45) is 0 Å². The Morgan fingerprint density at radius 3 is 2.87 bits per heavy atom. The van der Waals surface area contributed by atoms with Gasteiger partial charge in [-0.1, -0.05) is 22.0 Å². The van der Waals surface area contributed by atoms with Gasteiger partial charge in [0.25, 0.3) is 5.91 Å². The van der Waals surface area contributed by atoms with Crippen LogP contribution in [0, 0.1) is 0 Å². The van der Waals surface area contributed by atoms with Gasteiger partial charge in [0.1, 0.15) is 5.69 Å². The van der Waals surface area contributed by atoms with E-state index in [0.717, 1.165) is 24.7 Å². The Labute approximate surface area is 97.6 Å². The van der Waals surface area contributed by atoms with Gasteiger partial charge >= 0.3 is 0 Å². The van der Waals surface area contributed by atoms with E-state index in [4.69, 9.17) is 0 Å². The molecule has 0 aromatic carbocycles. The van der Waals surface area contributed by atoms with Gasteiger partial charge in [-0.2, -0.15) is 0 Å². The lowest BCUT2D eigenvalue weighted by atomic mass is 10.3.